The monoisotopic (exact) mass is 260 g/mol. The van der Waals surface area contributed by atoms with Gasteiger partial charge >= 0.3 is 0 Å². The number of fused-ring (bicyclic) bond motifs is 2. The Morgan fingerprint density at radius 3 is 2.74 bits per heavy atom. The topological polar surface area (TPSA) is 26.3 Å². The van der Waals surface area contributed by atoms with Crippen molar-refractivity contribution in [3.05, 3.63) is 35.5 Å². The standard InChI is InChI=1S/C17H24O2/c1-6-12-9-13(19-5)10-15-11(2)7-8-14(16(12)18)17(15,3)4/h6,9,13-14H,1,7-8,10H2,2-5H3/b12-9-/t13-,14+/m1/s1. The summed E-state index contributed by atoms with van der Waals surface area (Å²) in [6.45, 7) is 10.4. The highest BCUT2D eigenvalue weighted by atomic mass is 16.5. The van der Waals surface area contributed by atoms with E-state index in [0.717, 1.165) is 24.8 Å². The molecule has 2 atom stereocenters. The molecule has 0 spiro atoms. The highest BCUT2D eigenvalue weighted by Crippen LogP contribution is 2.48. The van der Waals surface area contributed by atoms with Gasteiger partial charge in [0.05, 0.1) is 6.10 Å². The number of hydrogen-bond donors (Lipinski definition) is 0. The molecule has 0 aliphatic heterocycles. The van der Waals surface area contributed by atoms with Crippen LogP contribution >= 0.6 is 0 Å². The van der Waals surface area contributed by atoms with E-state index in [2.05, 4.69) is 27.4 Å². The summed E-state index contributed by atoms with van der Waals surface area (Å²) < 4.78 is 5.53. The van der Waals surface area contributed by atoms with Gasteiger partial charge in [0.1, 0.15) is 0 Å². The van der Waals surface area contributed by atoms with Gasteiger partial charge in [-0.15, -0.1) is 0 Å². The molecule has 0 aromatic rings. The van der Waals surface area contributed by atoms with Crippen LogP contribution in [0.2, 0.25) is 0 Å². The van der Waals surface area contributed by atoms with E-state index >= 15 is 0 Å². The third-order valence-corrected chi connectivity index (χ3v) is 4.87. The van der Waals surface area contributed by atoms with Crippen molar-refractivity contribution < 1.29 is 9.53 Å². The van der Waals surface area contributed by atoms with Crippen LogP contribution in [0.1, 0.15) is 40.0 Å². The van der Waals surface area contributed by atoms with Crippen LogP contribution in [0.25, 0.3) is 0 Å². The number of Topliss-reactive ketones (excluding diaryl/α,β-unsaturated/α-hetero) is 1. The van der Waals surface area contributed by atoms with Gasteiger partial charge in [-0.3, -0.25) is 4.79 Å². The summed E-state index contributed by atoms with van der Waals surface area (Å²) in [7, 11) is 1.71. The third-order valence-electron chi connectivity index (χ3n) is 4.87. The molecule has 2 rings (SSSR count). The third kappa shape index (κ3) is 2.34. The van der Waals surface area contributed by atoms with Gasteiger partial charge in [-0.25, -0.2) is 0 Å². The molecule has 0 radical (unpaired) electrons. The molecule has 2 aliphatic carbocycles. The fourth-order valence-corrected chi connectivity index (χ4v) is 3.59. The summed E-state index contributed by atoms with van der Waals surface area (Å²) in [5, 5.41) is 0. The highest BCUT2D eigenvalue weighted by Gasteiger charge is 2.43. The molecular weight excluding hydrogens is 236 g/mol. The molecule has 0 amide bonds. The SMILES string of the molecule is C=C/C1=C/[C@@H](OC)CC2=C(C)CC[C@@H](C1=O)C2(C)C. The number of hydrogen-bond acceptors (Lipinski definition) is 2. The second-order valence-electron chi connectivity index (χ2n) is 6.24. The van der Waals surface area contributed by atoms with Gasteiger partial charge in [-0.1, -0.05) is 37.6 Å². The van der Waals surface area contributed by atoms with E-state index in [1.54, 1.807) is 13.2 Å². The zero-order valence-electron chi connectivity index (χ0n) is 12.5. The van der Waals surface area contributed by atoms with Crippen molar-refractivity contribution in [2.75, 3.05) is 7.11 Å². The summed E-state index contributed by atoms with van der Waals surface area (Å²) in [6.07, 6.45) is 6.45. The van der Waals surface area contributed by atoms with Crippen molar-refractivity contribution in [1.82, 2.24) is 0 Å². The van der Waals surface area contributed by atoms with Gasteiger partial charge in [-0.2, -0.15) is 0 Å². The van der Waals surface area contributed by atoms with E-state index < -0.39 is 0 Å². The molecule has 104 valence electrons. The molecule has 0 saturated carbocycles. The Labute approximate surface area is 116 Å². The van der Waals surface area contributed by atoms with Crippen LogP contribution in [0.15, 0.2) is 35.5 Å². The molecule has 0 aromatic heterocycles. The lowest BCUT2D eigenvalue weighted by atomic mass is 9.61. The molecule has 0 saturated heterocycles. The molecule has 0 aromatic carbocycles. The molecule has 2 heteroatoms. The van der Waals surface area contributed by atoms with Crippen LogP contribution in [0.5, 0.6) is 0 Å². The van der Waals surface area contributed by atoms with E-state index in [1.165, 1.54) is 11.1 Å². The predicted molar refractivity (Wildman–Crippen MR) is 77.9 cm³/mol. The summed E-state index contributed by atoms with van der Waals surface area (Å²) in [4.78, 5) is 12.7. The van der Waals surface area contributed by atoms with Crippen molar-refractivity contribution in [2.24, 2.45) is 11.3 Å². The van der Waals surface area contributed by atoms with E-state index in [9.17, 15) is 4.79 Å². The van der Waals surface area contributed by atoms with Crippen molar-refractivity contribution in [3.63, 3.8) is 0 Å². The van der Waals surface area contributed by atoms with Gasteiger partial charge in [0.25, 0.3) is 0 Å². The summed E-state index contributed by atoms with van der Waals surface area (Å²) >= 11 is 0. The van der Waals surface area contributed by atoms with Crippen LogP contribution in [-0.2, 0) is 9.53 Å². The van der Waals surface area contributed by atoms with Crippen molar-refractivity contribution >= 4 is 5.78 Å². The molecule has 2 aliphatic rings. The number of carbonyl (C=O) groups excluding carboxylic acids is 1. The van der Waals surface area contributed by atoms with Gasteiger partial charge in [-0.05, 0) is 37.7 Å². The van der Waals surface area contributed by atoms with E-state index in [4.69, 9.17) is 4.74 Å². The average Bonchev–Trinajstić information content (AvgIpc) is 2.36. The van der Waals surface area contributed by atoms with Gasteiger partial charge in [0.15, 0.2) is 5.78 Å². The number of methoxy groups -OCH3 is 1. The molecule has 2 nitrogen and oxygen atoms in total. The number of ether oxygens (including phenoxy) is 1. The smallest absolute Gasteiger partial charge is 0.166 e. The largest absolute Gasteiger partial charge is 0.377 e. The fourth-order valence-electron chi connectivity index (χ4n) is 3.59. The molecule has 2 bridgehead atoms. The van der Waals surface area contributed by atoms with Crippen LogP contribution in [0.4, 0.5) is 0 Å². The van der Waals surface area contributed by atoms with Crippen LogP contribution in [0.3, 0.4) is 0 Å². The molecule has 19 heavy (non-hydrogen) atoms. The first kappa shape index (κ1) is 14.3. The lowest BCUT2D eigenvalue weighted by Crippen LogP contribution is -2.39. The molecule has 0 unspecified atom stereocenters. The fraction of sp³-hybridized carbons (Fsp3) is 0.588. The molecule has 0 fully saturated rings. The molecule has 0 N–H and O–H groups in total. The number of carbonyl (C=O) groups is 1. The first-order valence-electron chi connectivity index (χ1n) is 7.02. The van der Waals surface area contributed by atoms with Crippen molar-refractivity contribution in [3.8, 4) is 0 Å². The number of allylic oxidation sites excluding steroid dienone is 3. The Morgan fingerprint density at radius 1 is 1.47 bits per heavy atom. The maximum absolute atomic E-state index is 12.7. The zero-order valence-corrected chi connectivity index (χ0v) is 12.5. The minimum atomic E-state index is -0.0707. The quantitative estimate of drug-likeness (QED) is 0.705. The highest BCUT2D eigenvalue weighted by molar-refractivity contribution is 6.00. The average molecular weight is 260 g/mol. The maximum atomic E-state index is 12.7. The lowest BCUT2D eigenvalue weighted by molar-refractivity contribution is -0.122. The van der Waals surface area contributed by atoms with E-state index in [0.29, 0.717) is 0 Å². The van der Waals surface area contributed by atoms with Crippen LogP contribution in [0, 0.1) is 11.3 Å². The Kier molecular flexibility index (Phi) is 3.82. The lowest BCUT2D eigenvalue weighted by Gasteiger charge is -2.43. The zero-order chi connectivity index (χ0) is 14.2. The van der Waals surface area contributed by atoms with Crippen molar-refractivity contribution in [2.45, 2.75) is 46.1 Å². The number of rotatable bonds is 2. The predicted octanol–water partition coefficient (Wildman–Crippen LogP) is 3.84. The molecular formula is C17H24O2. The van der Waals surface area contributed by atoms with Gasteiger partial charge < -0.3 is 4.74 Å². The minimum absolute atomic E-state index is 0.0276. The Bertz CT molecular complexity index is 466. The second-order valence-corrected chi connectivity index (χ2v) is 6.24. The summed E-state index contributed by atoms with van der Waals surface area (Å²) in [6, 6.07) is 0. The Hall–Kier alpha value is -1.15. The van der Waals surface area contributed by atoms with Gasteiger partial charge in [0, 0.05) is 18.6 Å². The first-order valence-corrected chi connectivity index (χ1v) is 7.02. The Balaban J connectivity index is 2.57. The van der Waals surface area contributed by atoms with Crippen LogP contribution < -0.4 is 0 Å². The van der Waals surface area contributed by atoms with E-state index in [1.807, 2.05) is 6.08 Å². The molecule has 0 heterocycles. The summed E-state index contributed by atoms with van der Waals surface area (Å²) in [5.41, 5.74) is 3.50. The van der Waals surface area contributed by atoms with E-state index in [-0.39, 0.29) is 23.2 Å². The van der Waals surface area contributed by atoms with Crippen LogP contribution in [-0.4, -0.2) is 19.0 Å². The van der Waals surface area contributed by atoms with Gasteiger partial charge in [0.2, 0.25) is 0 Å². The first-order chi connectivity index (χ1) is 8.91. The summed E-state index contributed by atoms with van der Waals surface area (Å²) in [5.74, 6) is 0.306. The maximum Gasteiger partial charge on any atom is 0.166 e. The Morgan fingerprint density at radius 2 is 2.16 bits per heavy atom. The second kappa shape index (κ2) is 5.09. The normalized spacial score (nSPS) is 33.3. The van der Waals surface area contributed by atoms with Crippen molar-refractivity contribution in [1.29, 1.82) is 0 Å². The number of ketones is 1. The minimum Gasteiger partial charge on any atom is -0.377 e.